The quantitative estimate of drug-likeness (QED) is 0.783. The van der Waals surface area contributed by atoms with E-state index in [1.807, 2.05) is 12.1 Å². The van der Waals surface area contributed by atoms with Crippen LogP contribution >= 0.6 is 0 Å². The maximum atomic E-state index is 11.5. The Hall–Kier alpha value is -2.37. The molecule has 0 aromatic carbocycles. The van der Waals surface area contributed by atoms with Crippen molar-refractivity contribution in [3.63, 3.8) is 0 Å². The lowest BCUT2D eigenvalue weighted by atomic mass is 10.2. The first-order valence-electron chi connectivity index (χ1n) is 5.56. The molecule has 2 aromatic heterocycles. The summed E-state index contributed by atoms with van der Waals surface area (Å²) >= 11 is 0. The average Bonchev–Trinajstić information content (AvgIpc) is 2.76. The Morgan fingerprint density at radius 1 is 1.44 bits per heavy atom. The monoisotopic (exact) mass is 246 g/mol. The lowest BCUT2D eigenvalue weighted by molar-refractivity contribution is -0.144. The number of esters is 1. The lowest BCUT2D eigenvalue weighted by Gasteiger charge is -2.04. The van der Waals surface area contributed by atoms with Crippen molar-refractivity contribution >= 4 is 11.7 Å². The van der Waals surface area contributed by atoms with Crippen LogP contribution in [0.5, 0.6) is 0 Å². The molecule has 94 valence electrons. The molecule has 2 N–H and O–H groups in total. The van der Waals surface area contributed by atoms with Gasteiger partial charge < -0.3 is 10.5 Å². The highest BCUT2D eigenvalue weighted by Crippen LogP contribution is 2.00. The van der Waals surface area contributed by atoms with E-state index in [-0.39, 0.29) is 12.5 Å². The third kappa shape index (κ3) is 3.58. The third-order valence-corrected chi connectivity index (χ3v) is 2.32. The second-order valence-electron chi connectivity index (χ2n) is 3.80. The number of aromatic nitrogens is 3. The number of anilines is 1. The molecule has 0 bridgehead atoms. The second-order valence-corrected chi connectivity index (χ2v) is 3.80. The molecule has 0 fully saturated rings. The van der Waals surface area contributed by atoms with Crippen LogP contribution in [0.15, 0.2) is 36.9 Å². The van der Waals surface area contributed by atoms with Gasteiger partial charge in [-0.15, -0.1) is 0 Å². The highest BCUT2D eigenvalue weighted by Gasteiger charge is 2.05. The number of nitrogens with zero attached hydrogens (tertiary/aromatic N) is 3. The van der Waals surface area contributed by atoms with E-state index in [1.165, 1.54) is 10.9 Å². The largest absolute Gasteiger partial charge is 0.464 e. The Kier molecular flexibility index (Phi) is 3.90. The van der Waals surface area contributed by atoms with Crippen LogP contribution in [0.25, 0.3) is 0 Å². The van der Waals surface area contributed by atoms with Gasteiger partial charge in [-0.1, -0.05) is 6.07 Å². The van der Waals surface area contributed by atoms with Gasteiger partial charge in [-0.3, -0.25) is 14.5 Å². The molecule has 2 aromatic rings. The minimum absolute atomic E-state index is 0.0737. The molecule has 0 atom stereocenters. The number of ether oxygens (including phenoxy) is 1. The molecule has 0 radical (unpaired) electrons. The van der Waals surface area contributed by atoms with Gasteiger partial charge >= 0.3 is 5.97 Å². The Bertz CT molecular complexity index is 510. The van der Waals surface area contributed by atoms with Crippen molar-refractivity contribution < 1.29 is 9.53 Å². The van der Waals surface area contributed by atoms with Crippen molar-refractivity contribution in [2.24, 2.45) is 0 Å². The SMILES string of the molecule is Nc1cnn(CC(=O)OCCc2cccnc2)c1. The summed E-state index contributed by atoms with van der Waals surface area (Å²) in [5, 5.41) is 3.90. The van der Waals surface area contributed by atoms with Crippen molar-refractivity contribution in [1.29, 1.82) is 0 Å². The molecule has 2 heterocycles. The van der Waals surface area contributed by atoms with Gasteiger partial charge in [0.25, 0.3) is 0 Å². The van der Waals surface area contributed by atoms with Crippen molar-refractivity contribution in [3.8, 4) is 0 Å². The first-order valence-corrected chi connectivity index (χ1v) is 5.56. The Balaban J connectivity index is 1.72. The average molecular weight is 246 g/mol. The van der Waals surface area contributed by atoms with Crippen LogP contribution in [0, 0.1) is 0 Å². The summed E-state index contributed by atoms with van der Waals surface area (Å²) in [4.78, 5) is 15.5. The standard InChI is InChI=1S/C12H14N4O2/c13-11-7-15-16(8-11)9-12(17)18-5-3-10-2-1-4-14-6-10/h1-2,4,6-8H,3,5,9,13H2. The second kappa shape index (κ2) is 5.81. The van der Waals surface area contributed by atoms with E-state index in [4.69, 9.17) is 10.5 Å². The van der Waals surface area contributed by atoms with Crippen LogP contribution in [-0.4, -0.2) is 27.3 Å². The molecule has 6 heteroatoms. The molecule has 6 nitrogen and oxygen atoms in total. The molecule has 18 heavy (non-hydrogen) atoms. The maximum absolute atomic E-state index is 11.5. The van der Waals surface area contributed by atoms with Crippen LogP contribution < -0.4 is 5.73 Å². The van der Waals surface area contributed by atoms with Gasteiger partial charge in [0.05, 0.1) is 18.5 Å². The van der Waals surface area contributed by atoms with Gasteiger partial charge in [0.15, 0.2) is 0 Å². The van der Waals surface area contributed by atoms with Gasteiger partial charge in [-0.05, 0) is 11.6 Å². The molecule has 0 unspecified atom stereocenters. The molecule has 0 aliphatic rings. The van der Waals surface area contributed by atoms with Gasteiger partial charge in [-0.25, -0.2) is 0 Å². The van der Waals surface area contributed by atoms with Crippen molar-refractivity contribution in [3.05, 3.63) is 42.5 Å². The summed E-state index contributed by atoms with van der Waals surface area (Å²) in [6, 6.07) is 3.79. The predicted octanol–water partition coefficient (Wildman–Crippen LogP) is 0.646. The van der Waals surface area contributed by atoms with Crippen molar-refractivity contribution in [2.45, 2.75) is 13.0 Å². The highest BCUT2D eigenvalue weighted by molar-refractivity contribution is 5.69. The summed E-state index contributed by atoms with van der Waals surface area (Å²) in [7, 11) is 0. The van der Waals surface area contributed by atoms with Crippen molar-refractivity contribution in [1.82, 2.24) is 14.8 Å². The summed E-state index contributed by atoms with van der Waals surface area (Å²) in [5.41, 5.74) is 7.05. The van der Waals surface area contributed by atoms with Crippen LogP contribution in [0.2, 0.25) is 0 Å². The van der Waals surface area contributed by atoms with Crippen LogP contribution in [-0.2, 0) is 22.5 Å². The van der Waals surface area contributed by atoms with E-state index in [2.05, 4.69) is 10.1 Å². The Labute approximate surface area is 104 Å². The zero-order valence-corrected chi connectivity index (χ0v) is 9.82. The fourth-order valence-electron chi connectivity index (χ4n) is 1.47. The van der Waals surface area contributed by atoms with Gasteiger partial charge in [0.1, 0.15) is 6.54 Å². The van der Waals surface area contributed by atoms with E-state index in [0.29, 0.717) is 18.7 Å². The first-order chi connectivity index (χ1) is 8.74. The molecule has 0 amide bonds. The van der Waals surface area contributed by atoms with Crippen molar-refractivity contribution in [2.75, 3.05) is 12.3 Å². The van der Waals surface area contributed by atoms with E-state index < -0.39 is 0 Å². The minimum atomic E-state index is -0.331. The van der Waals surface area contributed by atoms with Gasteiger partial charge in [0, 0.05) is 25.0 Å². The number of hydrogen-bond donors (Lipinski definition) is 1. The van der Waals surface area contributed by atoms with Gasteiger partial charge in [-0.2, -0.15) is 5.10 Å². The fourth-order valence-corrected chi connectivity index (χ4v) is 1.47. The molecule has 0 spiro atoms. The molecule has 0 aliphatic heterocycles. The van der Waals surface area contributed by atoms with E-state index in [0.717, 1.165) is 5.56 Å². The third-order valence-electron chi connectivity index (χ3n) is 2.32. The summed E-state index contributed by atoms with van der Waals surface area (Å²) in [6.07, 6.45) is 7.19. The Morgan fingerprint density at radius 2 is 2.33 bits per heavy atom. The number of pyridine rings is 1. The number of hydrogen-bond acceptors (Lipinski definition) is 5. The molecule has 0 aliphatic carbocycles. The molecule has 0 saturated carbocycles. The molecule has 2 rings (SSSR count). The number of carbonyl (C=O) groups excluding carboxylic acids is 1. The fraction of sp³-hybridized carbons (Fsp3) is 0.250. The molecular weight excluding hydrogens is 232 g/mol. The van der Waals surface area contributed by atoms with E-state index in [9.17, 15) is 4.79 Å². The van der Waals surface area contributed by atoms with E-state index >= 15 is 0 Å². The highest BCUT2D eigenvalue weighted by atomic mass is 16.5. The molecular formula is C12H14N4O2. The predicted molar refractivity (Wildman–Crippen MR) is 65.5 cm³/mol. The number of nitrogens with two attached hydrogens (primary N) is 1. The van der Waals surface area contributed by atoms with Crippen LogP contribution in [0.4, 0.5) is 5.69 Å². The topological polar surface area (TPSA) is 83.0 Å². The normalized spacial score (nSPS) is 10.2. The Morgan fingerprint density at radius 3 is 3.00 bits per heavy atom. The zero-order valence-electron chi connectivity index (χ0n) is 9.82. The van der Waals surface area contributed by atoms with E-state index in [1.54, 1.807) is 18.6 Å². The smallest absolute Gasteiger partial charge is 0.327 e. The molecule has 0 saturated heterocycles. The first kappa shape index (κ1) is 12.1. The number of rotatable bonds is 5. The number of nitrogen functional groups attached to an aromatic ring is 1. The van der Waals surface area contributed by atoms with Crippen LogP contribution in [0.1, 0.15) is 5.56 Å². The summed E-state index contributed by atoms with van der Waals surface area (Å²) < 4.78 is 6.54. The zero-order chi connectivity index (χ0) is 12.8. The lowest BCUT2D eigenvalue weighted by Crippen LogP contribution is -2.15. The summed E-state index contributed by atoms with van der Waals surface area (Å²) in [5.74, 6) is -0.331. The van der Waals surface area contributed by atoms with Crippen LogP contribution in [0.3, 0.4) is 0 Å². The van der Waals surface area contributed by atoms with Gasteiger partial charge in [0.2, 0.25) is 0 Å². The summed E-state index contributed by atoms with van der Waals surface area (Å²) in [6.45, 7) is 0.408. The minimum Gasteiger partial charge on any atom is -0.464 e. The maximum Gasteiger partial charge on any atom is 0.327 e. The number of carbonyl (C=O) groups is 1.